The van der Waals surface area contributed by atoms with Crippen molar-refractivity contribution < 1.29 is 9.63 Å². The first-order chi connectivity index (χ1) is 5.25. The fraction of sp³-hybridized carbons (Fsp3) is 0.571. The third-order valence-electron chi connectivity index (χ3n) is 1.59. The van der Waals surface area contributed by atoms with Crippen LogP contribution in [0.5, 0.6) is 0 Å². The third-order valence-corrected chi connectivity index (χ3v) is 1.59. The number of aryl methyl sites for hydroxylation is 1. The van der Waals surface area contributed by atoms with Crippen LogP contribution in [-0.2, 0) is 0 Å². The van der Waals surface area contributed by atoms with Crippen molar-refractivity contribution in [2.45, 2.75) is 19.4 Å². The molecular formula is C7H12N2O2. The highest BCUT2D eigenvalue weighted by Crippen LogP contribution is 2.18. The standard InChI is InChI=1S/C7H12N2O2/c1-5-6(4-9-11-5)7(10)2-3-8/h4,7,10H,2-3,8H2,1H3. The summed E-state index contributed by atoms with van der Waals surface area (Å²) in [5.74, 6) is 0.658. The van der Waals surface area contributed by atoms with Crippen LogP contribution in [0, 0.1) is 6.92 Å². The summed E-state index contributed by atoms with van der Waals surface area (Å²) >= 11 is 0. The first-order valence-electron chi connectivity index (χ1n) is 3.55. The summed E-state index contributed by atoms with van der Waals surface area (Å²) in [6.45, 7) is 2.23. The molecule has 0 radical (unpaired) electrons. The van der Waals surface area contributed by atoms with Crippen molar-refractivity contribution in [2.75, 3.05) is 6.54 Å². The Balaban J connectivity index is 2.67. The van der Waals surface area contributed by atoms with E-state index >= 15 is 0 Å². The lowest BCUT2D eigenvalue weighted by molar-refractivity contribution is 0.168. The molecule has 3 N–H and O–H groups in total. The van der Waals surface area contributed by atoms with Crippen molar-refractivity contribution in [3.8, 4) is 0 Å². The maximum absolute atomic E-state index is 9.41. The summed E-state index contributed by atoms with van der Waals surface area (Å²) in [5, 5.41) is 13.0. The fourth-order valence-electron chi connectivity index (χ4n) is 0.940. The van der Waals surface area contributed by atoms with E-state index in [4.69, 9.17) is 10.3 Å². The smallest absolute Gasteiger partial charge is 0.139 e. The molecule has 62 valence electrons. The molecule has 0 bridgehead atoms. The van der Waals surface area contributed by atoms with Crippen LogP contribution < -0.4 is 5.73 Å². The van der Waals surface area contributed by atoms with Crippen LogP contribution in [0.1, 0.15) is 23.8 Å². The van der Waals surface area contributed by atoms with E-state index in [1.807, 2.05) is 0 Å². The van der Waals surface area contributed by atoms with E-state index in [1.165, 1.54) is 6.20 Å². The zero-order chi connectivity index (χ0) is 8.27. The Morgan fingerprint density at radius 3 is 3.00 bits per heavy atom. The molecule has 0 aliphatic heterocycles. The normalized spacial score (nSPS) is 13.4. The lowest BCUT2D eigenvalue weighted by Gasteiger charge is -2.05. The molecule has 4 nitrogen and oxygen atoms in total. The Bertz CT molecular complexity index is 222. The van der Waals surface area contributed by atoms with Gasteiger partial charge in [0.1, 0.15) is 5.76 Å². The van der Waals surface area contributed by atoms with Gasteiger partial charge in [-0.3, -0.25) is 0 Å². The number of hydrogen-bond donors (Lipinski definition) is 2. The topological polar surface area (TPSA) is 72.3 Å². The van der Waals surface area contributed by atoms with Gasteiger partial charge in [0.2, 0.25) is 0 Å². The molecule has 0 amide bonds. The van der Waals surface area contributed by atoms with Crippen LogP contribution in [0.2, 0.25) is 0 Å². The zero-order valence-electron chi connectivity index (χ0n) is 6.45. The van der Waals surface area contributed by atoms with Gasteiger partial charge < -0.3 is 15.4 Å². The summed E-state index contributed by atoms with van der Waals surface area (Å²) in [7, 11) is 0. The van der Waals surface area contributed by atoms with E-state index in [1.54, 1.807) is 6.92 Å². The number of nitrogens with zero attached hydrogens (tertiary/aromatic N) is 1. The largest absolute Gasteiger partial charge is 0.388 e. The Kier molecular flexibility index (Phi) is 2.62. The Labute approximate surface area is 65.0 Å². The van der Waals surface area contributed by atoms with Gasteiger partial charge in [-0.15, -0.1) is 0 Å². The molecule has 0 aromatic carbocycles. The Morgan fingerprint density at radius 1 is 1.82 bits per heavy atom. The molecule has 0 saturated carbocycles. The average Bonchev–Trinajstić information content (AvgIpc) is 2.36. The molecule has 0 saturated heterocycles. The molecule has 0 aliphatic rings. The van der Waals surface area contributed by atoms with Crippen LogP contribution >= 0.6 is 0 Å². The van der Waals surface area contributed by atoms with Gasteiger partial charge in [0.15, 0.2) is 0 Å². The number of aliphatic hydroxyl groups excluding tert-OH is 1. The van der Waals surface area contributed by atoms with Gasteiger partial charge in [-0.1, -0.05) is 5.16 Å². The van der Waals surface area contributed by atoms with Crippen LogP contribution in [0.15, 0.2) is 10.7 Å². The van der Waals surface area contributed by atoms with Gasteiger partial charge in [-0.25, -0.2) is 0 Å². The Hall–Kier alpha value is -0.870. The maximum atomic E-state index is 9.41. The predicted octanol–water partition coefficient (Wildman–Crippen LogP) is 0.365. The van der Waals surface area contributed by atoms with Crippen molar-refractivity contribution in [1.82, 2.24) is 5.16 Å². The number of aromatic nitrogens is 1. The minimum atomic E-state index is -0.536. The Morgan fingerprint density at radius 2 is 2.55 bits per heavy atom. The molecule has 11 heavy (non-hydrogen) atoms. The first kappa shape index (κ1) is 8.23. The van der Waals surface area contributed by atoms with Gasteiger partial charge in [0, 0.05) is 5.56 Å². The van der Waals surface area contributed by atoms with Gasteiger partial charge in [0.25, 0.3) is 0 Å². The molecule has 0 fully saturated rings. The molecule has 0 aliphatic carbocycles. The number of hydrogen-bond acceptors (Lipinski definition) is 4. The van der Waals surface area contributed by atoms with Crippen LogP contribution in [0.4, 0.5) is 0 Å². The van der Waals surface area contributed by atoms with Gasteiger partial charge >= 0.3 is 0 Å². The van der Waals surface area contributed by atoms with Crippen molar-refractivity contribution in [3.63, 3.8) is 0 Å². The zero-order valence-corrected chi connectivity index (χ0v) is 6.45. The lowest BCUT2D eigenvalue weighted by Crippen LogP contribution is -2.06. The molecule has 1 aromatic heterocycles. The summed E-state index contributed by atoms with van der Waals surface area (Å²) in [5.41, 5.74) is 6.01. The van der Waals surface area contributed by atoms with E-state index in [0.717, 1.165) is 5.56 Å². The average molecular weight is 156 g/mol. The highest BCUT2D eigenvalue weighted by atomic mass is 16.5. The molecule has 1 heterocycles. The quantitative estimate of drug-likeness (QED) is 0.663. The van der Waals surface area contributed by atoms with Crippen LogP contribution in [0.25, 0.3) is 0 Å². The van der Waals surface area contributed by atoms with E-state index < -0.39 is 6.10 Å². The van der Waals surface area contributed by atoms with Gasteiger partial charge in [-0.2, -0.15) is 0 Å². The highest BCUT2D eigenvalue weighted by Gasteiger charge is 2.12. The monoisotopic (exact) mass is 156 g/mol. The second-order valence-electron chi connectivity index (χ2n) is 2.43. The van der Waals surface area contributed by atoms with Gasteiger partial charge in [-0.05, 0) is 19.9 Å². The van der Waals surface area contributed by atoms with E-state index in [2.05, 4.69) is 5.16 Å². The second kappa shape index (κ2) is 3.50. The summed E-state index contributed by atoms with van der Waals surface area (Å²) < 4.78 is 4.78. The highest BCUT2D eigenvalue weighted by molar-refractivity contribution is 5.14. The number of rotatable bonds is 3. The van der Waals surface area contributed by atoms with Crippen molar-refractivity contribution in [3.05, 3.63) is 17.5 Å². The minimum Gasteiger partial charge on any atom is -0.388 e. The second-order valence-corrected chi connectivity index (χ2v) is 2.43. The number of nitrogens with two attached hydrogens (primary N) is 1. The van der Waals surface area contributed by atoms with E-state index in [-0.39, 0.29) is 0 Å². The summed E-state index contributed by atoms with van der Waals surface area (Å²) in [6, 6.07) is 0. The third kappa shape index (κ3) is 1.78. The fourth-order valence-corrected chi connectivity index (χ4v) is 0.940. The molecule has 1 rings (SSSR count). The van der Waals surface area contributed by atoms with Crippen molar-refractivity contribution >= 4 is 0 Å². The molecule has 1 atom stereocenters. The van der Waals surface area contributed by atoms with E-state index in [0.29, 0.717) is 18.7 Å². The maximum Gasteiger partial charge on any atom is 0.139 e. The first-order valence-corrected chi connectivity index (χ1v) is 3.55. The molecule has 1 unspecified atom stereocenters. The minimum absolute atomic E-state index is 0.464. The molecule has 4 heteroatoms. The lowest BCUT2D eigenvalue weighted by atomic mass is 10.1. The molecular weight excluding hydrogens is 144 g/mol. The van der Waals surface area contributed by atoms with E-state index in [9.17, 15) is 5.11 Å². The van der Waals surface area contributed by atoms with Crippen LogP contribution in [-0.4, -0.2) is 16.8 Å². The molecule has 1 aromatic rings. The number of aliphatic hydroxyl groups is 1. The van der Waals surface area contributed by atoms with Gasteiger partial charge in [0.05, 0.1) is 12.3 Å². The van der Waals surface area contributed by atoms with Crippen molar-refractivity contribution in [1.29, 1.82) is 0 Å². The molecule has 0 spiro atoms. The predicted molar refractivity (Wildman–Crippen MR) is 39.9 cm³/mol. The van der Waals surface area contributed by atoms with Crippen LogP contribution in [0.3, 0.4) is 0 Å². The summed E-state index contributed by atoms with van der Waals surface area (Å²) in [6.07, 6.45) is 1.53. The summed E-state index contributed by atoms with van der Waals surface area (Å²) in [4.78, 5) is 0. The van der Waals surface area contributed by atoms with Crippen molar-refractivity contribution in [2.24, 2.45) is 5.73 Å². The SMILES string of the molecule is Cc1oncc1C(O)CCN.